The van der Waals surface area contributed by atoms with Crippen LogP contribution in [-0.4, -0.2) is 24.4 Å². The standard InChI is InChI=1S/C10H13BrN4/c1-6-4-9(7(2)8(3)11)15-10(14-6)12-5-13-15/h4-5,7-8H,1-3H3. The number of rotatable bonds is 2. The van der Waals surface area contributed by atoms with E-state index in [9.17, 15) is 0 Å². The van der Waals surface area contributed by atoms with Crippen molar-refractivity contribution in [2.24, 2.45) is 0 Å². The van der Waals surface area contributed by atoms with Gasteiger partial charge in [0.05, 0.1) is 5.69 Å². The first kappa shape index (κ1) is 10.5. The summed E-state index contributed by atoms with van der Waals surface area (Å²) in [6.45, 7) is 6.27. The van der Waals surface area contributed by atoms with Gasteiger partial charge in [-0.2, -0.15) is 10.1 Å². The molecule has 15 heavy (non-hydrogen) atoms. The van der Waals surface area contributed by atoms with Crippen molar-refractivity contribution in [3.05, 3.63) is 23.8 Å². The SMILES string of the molecule is Cc1cc(C(C)C(C)Br)n2ncnc2n1. The largest absolute Gasteiger partial charge is 0.252 e. The molecule has 80 valence electrons. The highest BCUT2D eigenvalue weighted by Crippen LogP contribution is 2.24. The molecule has 5 heteroatoms. The fraction of sp³-hybridized carbons (Fsp3) is 0.500. The lowest BCUT2D eigenvalue weighted by Gasteiger charge is -2.15. The minimum atomic E-state index is 0.371. The van der Waals surface area contributed by atoms with Gasteiger partial charge >= 0.3 is 0 Å². The summed E-state index contributed by atoms with van der Waals surface area (Å²) in [4.78, 5) is 8.81. The third-order valence-electron chi connectivity index (χ3n) is 2.56. The van der Waals surface area contributed by atoms with Crippen LogP contribution in [0.3, 0.4) is 0 Å². The molecular weight excluding hydrogens is 256 g/mol. The van der Waals surface area contributed by atoms with E-state index in [0.717, 1.165) is 11.4 Å². The minimum Gasteiger partial charge on any atom is -0.216 e. The molecule has 2 atom stereocenters. The maximum absolute atomic E-state index is 4.31. The maximum atomic E-state index is 4.31. The Bertz CT molecular complexity index is 477. The smallest absolute Gasteiger partial charge is 0.216 e. The molecule has 0 bridgehead atoms. The second kappa shape index (κ2) is 3.89. The monoisotopic (exact) mass is 268 g/mol. The predicted molar refractivity (Wildman–Crippen MR) is 62.3 cm³/mol. The number of halogens is 1. The van der Waals surface area contributed by atoms with Crippen LogP contribution in [0.15, 0.2) is 12.4 Å². The van der Waals surface area contributed by atoms with Crippen LogP contribution < -0.4 is 0 Å². The zero-order valence-corrected chi connectivity index (χ0v) is 10.6. The van der Waals surface area contributed by atoms with E-state index in [1.165, 1.54) is 6.33 Å². The highest BCUT2D eigenvalue weighted by atomic mass is 79.9. The van der Waals surface area contributed by atoms with Gasteiger partial charge in [-0.1, -0.05) is 29.8 Å². The number of alkyl halides is 1. The van der Waals surface area contributed by atoms with Crippen molar-refractivity contribution in [3.8, 4) is 0 Å². The van der Waals surface area contributed by atoms with E-state index in [1.807, 2.05) is 6.92 Å². The van der Waals surface area contributed by atoms with E-state index in [4.69, 9.17) is 0 Å². The van der Waals surface area contributed by atoms with Gasteiger partial charge in [-0.3, -0.25) is 0 Å². The van der Waals surface area contributed by atoms with Crippen molar-refractivity contribution < 1.29 is 0 Å². The zero-order chi connectivity index (χ0) is 11.0. The summed E-state index contributed by atoms with van der Waals surface area (Å²) >= 11 is 3.59. The molecule has 0 aliphatic rings. The first-order chi connectivity index (χ1) is 7.09. The van der Waals surface area contributed by atoms with Crippen molar-refractivity contribution in [1.29, 1.82) is 0 Å². The van der Waals surface area contributed by atoms with Gasteiger partial charge in [0.1, 0.15) is 6.33 Å². The number of nitrogens with zero attached hydrogens (tertiary/aromatic N) is 4. The molecule has 0 saturated heterocycles. The Hall–Kier alpha value is -0.970. The summed E-state index contributed by atoms with van der Waals surface area (Å²) in [5.41, 5.74) is 2.12. The van der Waals surface area contributed by atoms with E-state index in [1.54, 1.807) is 4.52 Å². The highest BCUT2D eigenvalue weighted by molar-refractivity contribution is 9.09. The van der Waals surface area contributed by atoms with Crippen LogP contribution in [0.2, 0.25) is 0 Å². The molecule has 0 radical (unpaired) electrons. The zero-order valence-electron chi connectivity index (χ0n) is 8.98. The lowest BCUT2D eigenvalue weighted by Crippen LogP contribution is -2.11. The summed E-state index contributed by atoms with van der Waals surface area (Å²) in [5.74, 6) is 1.04. The molecule has 0 amide bonds. The average molecular weight is 269 g/mol. The van der Waals surface area contributed by atoms with Crippen LogP contribution in [0.25, 0.3) is 5.78 Å². The van der Waals surface area contributed by atoms with Gasteiger partial charge in [0, 0.05) is 16.4 Å². The Labute approximate surface area is 96.9 Å². The maximum Gasteiger partial charge on any atom is 0.252 e. The van der Waals surface area contributed by atoms with E-state index in [0.29, 0.717) is 16.5 Å². The third-order valence-corrected chi connectivity index (χ3v) is 3.36. The van der Waals surface area contributed by atoms with Crippen molar-refractivity contribution in [2.45, 2.75) is 31.5 Å². The van der Waals surface area contributed by atoms with Crippen molar-refractivity contribution in [1.82, 2.24) is 19.6 Å². The van der Waals surface area contributed by atoms with Gasteiger partial charge in [0.2, 0.25) is 0 Å². The molecule has 0 fully saturated rings. The van der Waals surface area contributed by atoms with Crippen LogP contribution in [0.5, 0.6) is 0 Å². The molecule has 0 saturated carbocycles. The van der Waals surface area contributed by atoms with Gasteiger partial charge in [0.25, 0.3) is 5.78 Å². The minimum absolute atomic E-state index is 0.371. The highest BCUT2D eigenvalue weighted by Gasteiger charge is 2.16. The molecule has 2 aromatic heterocycles. The molecule has 0 aromatic carbocycles. The van der Waals surface area contributed by atoms with Crippen LogP contribution in [-0.2, 0) is 0 Å². The van der Waals surface area contributed by atoms with Crippen LogP contribution >= 0.6 is 15.9 Å². The molecule has 2 rings (SSSR count). The molecule has 2 aromatic rings. The quantitative estimate of drug-likeness (QED) is 0.786. The van der Waals surface area contributed by atoms with Crippen LogP contribution in [0.1, 0.15) is 31.2 Å². The summed E-state index contributed by atoms with van der Waals surface area (Å²) in [6, 6.07) is 2.06. The molecule has 2 unspecified atom stereocenters. The third kappa shape index (κ3) is 1.88. The first-order valence-electron chi connectivity index (χ1n) is 4.91. The first-order valence-corrected chi connectivity index (χ1v) is 5.82. The van der Waals surface area contributed by atoms with Gasteiger partial charge in [-0.05, 0) is 13.0 Å². The molecule has 0 aliphatic heterocycles. The Morgan fingerprint density at radius 3 is 2.80 bits per heavy atom. The van der Waals surface area contributed by atoms with Crippen molar-refractivity contribution >= 4 is 21.7 Å². The Kier molecular flexibility index (Phi) is 2.73. The number of fused-ring (bicyclic) bond motifs is 1. The van der Waals surface area contributed by atoms with Gasteiger partial charge in [-0.15, -0.1) is 0 Å². The van der Waals surface area contributed by atoms with E-state index in [-0.39, 0.29) is 0 Å². The molecular formula is C10H13BrN4. The van der Waals surface area contributed by atoms with Crippen molar-refractivity contribution in [3.63, 3.8) is 0 Å². The molecule has 0 spiro atoms. The van der Waals surface area contributed by atoms with Gasteiger partial charge in [0.15, 0.2) is 0 Å². The van der Waals surface area contributed by atoms with Crippen LogP contribution in [0.4, 0.5) is 0 Å². The average Bonchev–Trinajstić information content (AvgIpc) is 2.62. The molecule has 0 aliphatic carbocycles. The lowest BCUT2D eigenvalue weighted by atomic mass is 10.0. The van der Waals surface area contributed by atoms with Crippen molar-refractivity contribution in [2.75, 3.05) is 0 Å². The van der Waals surface area contributed by atoms with Gasteiger partial charge in [-0.25, -0.2) is 9.50 Å². The molecule has 0 N–H and O–H groups in total. The molecule has 4 nitrogen and oxygen atoms in total. The number of hydrogen-bond acceptors (Lipinski definition) is 3. The predicted octanol–water partition coefficient (Wildman–Crippen LogP) is 2.32. The van der Waals surface area contributed by atoms with Crippen LogP contribution in [0, 0.1) is 6.92 Å². The van der Waals surface area contributed by atoms with E-state index in [2.05, 4.69) is 50.9 Å². The number of aryl methyl sites for hydroxylation is 1. The number of aromatic nitrogens is 4. The Morgan fingerprint density at radius 2 is 2.13 bits per heavy atom. The van der Waals surface area contributed by atoms with E-state index < -0.39 is 0 Å². The Balaban J connectivity index is 2.62. The lowest BCUT2D eigenvalue weighted by molar-refractivity contribution is 0.688. The fourth-order valence-electron chi connectivity index (χ4n) is 1.52. The fourth-order valence-corrected chi connectivity index (χ4v) is 1.79. The summed E-state index contributed by atoms with van der Waals surface area (Å²) in [5, 5.41) is 4.19. The molecule has 2 heterocycles. The second-order valence-corrected chi connectivity index (χ2v) is 5.20. The number of hydrogen-bond donors (Lipinski definition) is 0. The van der Waals surface area contributed by atoms with Gasteiger partial charge < -0.3 is 0 Å². The van der Waals surface area contributed by atoms with E-state index >= 15 is 0 Å². The Morgan fingerprint density at radius 1 is 1.40 bits per heavy atom. The topological polar surface area (TPSA) is 43.1 Å². The summed E-state index contributed by atoms with van der Waals surface area (Å²) in [7, 11) is 0. The summed E-state index contributed by atoms with van der Waals surface area (Å²) in [6.07, 6.45) is 1.54. The normalized spacial score (nSPS) is 15.5. The second-order valence-electron chi connectivity index (χ2n) is 3.76. The summed E-state index contributed by atoms with van der Waals surface area (Å²) < 4.78 is 1.80.